The highest BCUT2D eigenvalue weighted by Gasteiger charge is 2.48. The topological polar surface area (TPSA) is 102 Å². The summed E-state index contributed by atoms with van der Waals surface area (Å²) >= 11 is 2.39. The minimum absolute atomic E-state index is 0.0735. The molecule has 1 N–H and O–H groups in total. The smallest absolute Gasteiger partial charge is 0.301 e. The zero-order valence-corrected chi connectivity index (χ0v) is 25.3. The van der Waals surface area contributed by atoms with Crippen LogP contribution in [0.3, 0.4) is 0 Å². The number of amides is 1. The van der Waals surface area contributed by atoms with Gasteiger partial charge in [0.05, 0.1) is 24.8 Å². The number of aliphatic hydroxyl groups excluding tert-OH is 1. The van der Waals surface area contributed by atoms with E-state index in [1.165, 1.54) is 22.7 Å². The number of rotatable bonds is 12. The molecule has 0 bridgehead atoms. The second-order valence-corrected chi connectivity index (χ2v) is 11.9. The van der Waals surface area contributed by atoms with E-state index in [9.17, 15) is 19.1 Å². The molecule has 5 rings (SSSR count). The average Bonchev–Trinajstić information content (AvgIpc) is 3.60. The fourth-order valence-corrected chi connectivity index (χ4v) is 6.39. The second-order valence-electron chi connectivity index (χ2n) is 9.69. The number of ether oxygens (including phenoxy) is 2. The molecule has 1 aliphatic rings. The molecule has 1 amide bonds. The molecule has 1 fully saturated rings. The zero-order chi connectivity index (χ0) is 30.3. The molecule has 8 nitrogen and oxygen atoms in total. The van der Waals surface area contributed by atoms with Gasteiger partial charge in [0.2, 0.25) is 5.13 Å². The lowest BCUT2D eigenvalue weighted by molar-refractivity contribution is -0.132. The maximum atomic E-state index is 14.1. The summed E-state index contributed by atoms with van der Waals surface area (Å²) < 4.78 is 26.1. The third kappa shape index (κ3) is 6.73. The lowest BCUT2D eigenvalue weighted by atomic mass is 9.95. The van der Waals surface area contributed by atoms with Crippen molar-refractivity contribution in [2.45, 2.75) is 42.8 Å². The van der Waals surface area contributed by atoms with Crippen molar-refractivity contribution in [3.8, 4) is 11.5 Å². The van der Waals surface area contributed by atoms with Gasteiger partial charge in [-0.2, -0.15) is 0 Å². The van der Waals surface area contributed by atoms with Gasteiger partial charge in [-0.05, 0) is 66.4 Å². The molecular weight excluding hydrogens is 590 g/mol. The molecule has 0 aliphatic carbocycles. The van der Waals surface area contributed by atoms with Crippen molar-refractivity contribution in [1.29, 1.82) is 0 Å². The maximum absolute atomic E-state index is 14.1. The average molecular weight is 620 g/mol. The monoisotopic (exact) mass is 619 g/mol. The first-order valence-corrected chi connectivity index (χ1v) is 15.7. The van der Waals surface area contributed by atoms with Crippen LogP contribution < -0.4 is 14.4 Å². The second kappa shape index (κ2) is 13.8. The number of ketones is 1. The number of Topliss-reactive ketones (excluding diaryl/α,β-unsaturated/α-hetero) is 1. The van der Waals surface area contributed by atoms with Gasteiger partial charge >= 0.3 is 5.91 Å². The Hall–Kier alpha value is -4.22. The molecule has 0 radical (unpaired) electrons. The number of carbonyl (C=O) groups is 2. The van der Waals surface area contributed by atoms with E-state index in [-0.39, 0.29) is 22.3 Å². The van der Waals surface area contributed by atoms with E-state index >= 15 is 0 Å². The zero-order valence-electron chi connectivity index (χ0n) is 23.7. The summed E-state index contributed by atoms with van der Waals surface area (Å²) in [6.45, 7) is 5.04. The van der Waals surface area contributed by atoms with Crippen LogP contribution in [0.1, 0.15) is 49.4 Å². The van der Waals surface area contributed by atoms with Gasteiger partial charge in [0.25, 0.3) is 5.78 Å². The molecule has 0 spiro atoms. The van der Waals surface area contributed by atoms with Crippen molar-refractivity contribution in [2.24, 2.45) is 0 Å². The Labute approximate surface area is 257 Å². The van der Waals surface area contributed by atoms with Gasteiger partial charge in [-0.3, -0.25) is 14.5 Å². The Morgan fingerprint density at radius 3 is 2.40 bits per heavy atom. The highest BCUT2D eigenvalue weighted by atomic mass is 32.2. The summed E-state index contributed by atoms with van der Waals surface area (Å²) in [6, 6.07) is 19.3. The summed E-state index contributed by atoms with van der Waals surface area (Å²) in [5.74, 6) is -0.794. The van der Waals surface area contributed by atoms with Gasteiger partial charge in [-0.1, -0.05) is 67.3 Å². The number of halogens is 1. The van der Waals surface area contributed by atoms with Crippen LogP contribution in [-0.2, 0) is 15.3 Å². The van der Waals surface area contributed by atoms with E-state index < -0.39 is 17.7 Å². The van der Waals surface area contributed by atoms with Crippen LogP contribution in [0.4, 0.5) is 9.52 Å². The van der Waals surface area contributed by atoms with Crippen LogP contribution in [-0.4, -0.2) is 40.2 Å². The first-order valence-electron chi connectivity index (χ1n) is 13.9. The molecule has 222 valence electrons. The molecule has 11 heteroatoms. The Balaban J connectivity index is 1.53. The van der Waals surface area contributed by atoms with E-state index in [0.29, 0.717) is 51.5 Å². The van der Waals surface area contributed by atoms with E-state index in [1.54, 1.807) is 66.7 Å². The van der Waals surface area contributed by atoms with Crippen molar-refractivity contribution in [3.63, 3.8) is 0 Å². The van der Waals surface area contributed by atoms with Crippen molar-refractivity contribution in [1.82, 2.24) is 10.2 Å². The molecule has 1 unspecified atom stereocenters. The number of aromatic nitrogens is 2. The standard InChI is InChI=1S/C32H30FN3O5S2/c1-3-16-40-23-14-12-20(13-15-23)28(37)26-27(21-9-7-10-24(18-21)41-17-4-2)36(30(39)29(26)38)31-34-35-32(43-31)42-19-22-8-5-6-11-25(22)33/h5-15,18,27,37H,3-4,16-17,19H2,1-2H3/b28-26+. The highest BCUT2D eigenvalue weighted by Crippen LogP contribution is 2.44. The summed E-state index contributed by atoms with van der Waals surface area (Å²) in [5.41, 5.74) is 1.37. The van der Waals surface area contributed by atoms with E-state index in [2.05, 4.69) is 10.2 Å². The highest BCUT2D eigenvalue weighted by molar-refractivity contribution is 8.00. The fourth-order valence-electron chi connectivity index (χ4n) is 4.54. The molecule has 4 aromatic rings. The number of aliphatic hydroxyl groups is 1. The van der Waals surface area contributed by atoms with Crippen LogP contribution in [0, 0.1) is 5.82 Å². The van der Waals surface area contributed by atoms with E-state index in [0.717, 1.165) is 24.2 Å². The van der Waals surface area contributed by atoms with Gasteiger partial charge in [-0.15, -0.1) is 10.2 Å². The molecular formula is C32H30FN3O5S2. The maximum Gasteiger partial charge on any atom is 0.301 e. The summed E-state index contributed by atoms with van der Waals surface area (Å²) in [4.78, 5) is 28.4. The summed E-state index contributed by atoms with van der Waals surface area (Å²) in [5, 5.41) is 20.1. The van der Waals surface area contributed by atoms with Crippen LogP contribution in [0.25, 0.3) is 5.76 Å². The fraction of sp³-hybridized carbons (Fsp3) is 0.250. The van der Waals surface area contributed by atoms with Crippen LogP contribution in [0.2, 0.25) is 0 Å². The van der Waals surface area contributed by atoms with Gasteiger partial charge < -0.3 is 14.6 Å². The van der Waals surface area contributed by atoms with Gasteiger partial charge in [0.15, 0.2) is 4.34 Å². The van der Waals surface area contributed by atoms with Crippen LogP contribution >= 0.6 is 23.1 Å². The molecule has 1 saturated heterocycles. The molecule has 43 heavy (non-hydrogen) atoms. The minimum atomic E-state index is -0.987. The largest absolute Gasteiger partial charge is 0.507 e. The molecule has 1 aliphatic heterocycles. The molecule has 3 aromatic carbocycles. The molecule has 0 saturated carbocycles. The lowest BCUT2D eigenvalue weighted by Gasteiger charge is -2.23. The molecule has 2 heterocycles. The first kappa shape index (κ1) is 30.2. The molecule has 1 aromatic heterocycles. The molecule has 1 atom stereocenters. The van der Waals surface area contributed by atoms with Crippen LogP contribution in [0.5, 0.6) is 11.5 Å². The van der Waals surface area contributed by atoms with Crippen LogP contribution in [0.15, 0.2) is 82.7 Å². The van der Waals surface area contributed by atoms with Crippen molar-refractivity contribution < 1.29 is 28.6 Å². The van der Waals surface area contributed by atoms with Crippen molar-refractivity contribution in [2.75, 3.05) is 18.1 Å². The van der Waals surface area contributed by atoms with E-state index in [4.69, 9.17) is 9.47 Å². The SMILES string of the molecule is CCCOc1ccc(/C(O)=C2\C(=O)C(=O)N(c3nnc(SCc4ccccc4F)s3)C2c2cccc(OCCC)c2)cc1. The summed E-state index contributed by atoms with van der Waals surface area (Å²) in [7, 11) is 0. The quantitative estimate of drug-likeness (QED) is 0.0586. The minimum Gasteiger partial charge on any atom is -0.507 e. The van der Waals surface area contributed by atoms with Crippen molar-refractivity contribution in [3.05, 3.63) is 101 Å². The predicted molar refractivity (Wildman–Crippen MR) is 165 cm³/mol. The Morgan fingerprint density at radius 1 is 0.953 bits per heavy atom. The lowest BCUT2D eigenvalue weighted by Crippen LogP contribution is -2.29. The first-order chi connectivity index (χ1) is 20.9. The van der Waals surface area contributed by atoms with Gasteiger partial charge in [0, 0.05) is 11.3 Å². The number of hydrogen-bond acceptors (Lipinski definition) is 9. The normalized spacial score (nSPS) is 16.1. The number of carbonyl (C=O) groups excluding carboxylic acids is 2. The Morgan fingerprint density at radius 2 is 1.67 bits per heavy atom. The van der Waals surface area contributed by atoms with E-state index in [1.807, 2.05) is 13.8 Å². The number of anilines is 1. The van der Waals surface area contributed by atoms with Gasteiger partial charge in [-0.25, -0.2) is 4.39 Å². The Bertz CT molecular complexity index is 1640. The summed E-state index contributed by atoms with van der Waals surface area (Å²) in [6.07, 6.45) is 1.65. The predicted octanol–water partition coefficient (Wildman–Crippen LogP) is 7.17. The number of thioether (sulfide) groups is 1. The van der Waals surface area contributed by atoms with Crippen molar-refractivity contribution >= 4 is 45.7 Å². The number of nitrogens with zero attached hydrogens (tertiary/aromatic N) is 3. The number of benzene rings is 3. The third-order valence-electron chi connectivity index (χ3n) is 6.60. The number of hydrogen-bond donors (Lipinski definition) is 1. The van der Waals surface area contributed by atoms with Gasteiger partial charge in [0.1, 0.15) is 23.1 Å². The Kier molecular flexibility index (Phi) is 9.73. The third-order valence-corrected chi connectivity index (χ3v) is 8.71.